The number of nitrogens with zero attached hydrogens (tertiary/aromatic N) is 1. The molecular formula is C24H17NO2. The molecule has 0 fully saturated rings. The predicted octanol–water partition coefficient (Wildman–Crippen LogP) is 5.37. The average Bonchev–Trinajstić information content (AvgIpc) is 2.73. The Bertz CT molecular complexity index is 996. The molecule has 0 aliphatic carbocycles. The van der Waals surface area contributed by atoms with Crippen LogP contribution in [0.2, 0.25) is 0 Å². The molecule has 0 heterocycles. The molecule has 3 aromatic carbocycles. The van der Waals surface area contributed by atoms with Crippen molar-refractivity contribution in [2.24, 2.45) is 0 Å². The van der Waals surface area contributed by atoms with Crippen LogP contribution in [0.25, 0.3) is 17.7 Å². The minimum Gasteiger partial charge on any atom is -0.423 e. The summed E-state index contributed by atoms with van der Waals surface area (Å²) in [5, 5.41) is 9.37. The number of carbonyl (C=O) groups excluding carboxylic acids is 1. The van der Waals surface area contributed by atoms with E-state index < -0.39 is 5.97 Å². The number of carbonyl (C=O) groups is 1. The van der Waals surface area contributed by atoms with Gasteiger partial charge in [0.2, 0.25) is 0 Å². The number of hydrogen-bond acceptors (Lipinski definition) is 3. The van der Waals surface area contributed by atoms with E-state index in [1.54, 1.807) is 24.3 Å². The van der Waals surface area contributed by atoms with Crippen molar-refractivity contribution in [1.29, 1.82) is 5.26 Å². The van der Waals surface area contributed by atoms with E-state index in [4.69, 9.17) is 4.74 Å². The normalized spacial score (nSPS) is 11.1. The van der Waals surface area contributed by atoms with E-state index in [2.05, 4.69) is 6.07 Å². The van der Waals surface area contributed by atoms with Gasteiger partial charge in [0, 0.05) is 6.08 Å². The molecule has 0 N–H and O–H groups in total. The highest BCUT2D eigenvalue weighted by Gasteiger charge is 2.03. The number of benzene rings is 3. The Labute approximate surface area is 158 Å². The number of esters is 1. The van der Waals surface area contributed by atoms with Crippen molar-refractivity contribution in [3.8, 4) is 11.8 Å². The Balaban J connectivity index is 1.67. The van der Waals surface area contributed by atoms with Gasteiger partial charge in [-0.15, -0.1) is 0 Å². The third kappa shape index (κ3) is 5.29. The van der Waals surface area contributed by atoms with Gasteiger partial charge in [-0.05, 0) is 41.0 Å². The molecule has 0 aliphatic heterocycles. The monoisotopic (exact) mass is 351 g/mol. The molecule has 0 amide bonds. The van der Waals surface area contributed by atoms with Crippen LogP contribution in [0.1, 0.15) is 16.7 Å². The summed E-state index contributed by atoms with van der Waals surface area (Å²) >= 11 is 0. The topological polar surface area (TPSA) is 50.1 Å². The standard InChI is InChI=1S/C24H17NO2/c25-18-22(21-9-5-2-6-10-21)17-20-11-14-23(15-12-20)27-24(26)16-13-19-7-3-1-4-8-19/h1-17H/b16-13+,22-17+. The Morgan fingerprint density at radius 1 is 0.815 bits per heavy atom. The second-order valence-corrected chi connectivity index (χ2v) is 5.77. The third-order valence-electron chi connectivity index (χ3n) is 3.83. The molecule has 0 saturated carbocycles. The van der Waals surface area contributed by atoms with Crippen molar-refractivity contribution in [3.63, 3.8) is 0 Å². The molecule has 0 unspecified atom stereocenters. The first-order valence-electron chi connectivity index (χ1n) is 8.47. The zero-order valence-corrected chi connectivity index (χ0v) is 14.6. The van der Waals surface area contributed by atoms with Gasteiger partial charge in [-0.25, -0.2) is 4.79 Å². The number of hydrogen-bond donors (Lipinski definition) is 0. The van der Waals surface area contributed by atoms with E-state index in [0.29, 0.717) is 11.3 Å². The zero-order chi connectivity index (χ0) is 18.9. The van der Waals surface area contributed by atoms with Crippen molar-refractivity contribution < 1.29 is 9.53 Å². The molecular weight excluding hydrogens is 334 g/mol. The smallest absolute Gasteiger partial charge is 0.336 e. The number of allylic oxidation sites excluding steroid dienone is 1. The number of nitriles is 1. The van der Waals surface area contributed by atoms with Crippen LogP contribution >= 0.6 is 0 Å². The fourth-order valence-electron chi connectivity index (χ4n) is 2.48. The quantitative estimate of drug-likeness (QED) is 0.204. The third-order valence-corrected chi connectivity index (χ3v) is 3.83. The van der Waals surface area contributed by atoms with Crippen LogP contribution in [-0.4, -0.2) is 5.97 Å². The summed E-state index contributed by atoms with van der Waals surface area (Å²) in [4.78, 5) is 11.9. The van der Waals surface area contributed by atoms with Crippen LogP contribution in [0.4, 0.5) is 0 Å². The van der Waals surface area contributed by atoms with E-state index in [9.17, 15) is 10.1 Å². The molecule has 0 bridgehead atoms. The molecule has 0 aliphatic rings. The maximum absolute atomic E-state index is 11.9. The van der Waals surface area contributed by atoms with Gasteiger partial charge in [0.05, 0.1) is 11.6 Å². The summed E-state index contributed by atoms with van der Waals surface area (Å²) in [5.74, 6) is 0.0113. The molecule has 130 valence electrons. The first-order chi connectivity index (χ1) is 13.2. The maximum Gasteiger partial charge on any atom is 0.336 e. The molecule has 3 rings (SSSR count). The molecule has 0 spiro atoms. The summed E-state index contributed by atoms with van der Waals surface area (Å²) < 4.78 is 5.30. The van der Waals surface area contributed by atoms with E-state index in [0.717, 1.165) is 16.7 Å². The van der Waals surface area contributed by atoms with E-state index >= 15 is 0 Å². The number of rotatable bonds is 5. The van der Waals surface area contributed by atoms with Crippen LogP contribution in [0.15, 0.2) is 91.0 Å². The molecule has 0 radical (unpaired) electrons. The summed E-state index contributed by atoms with van der Waals surface area (Å²) in [5.41, 5.74) is 3.22. The largest absolute Gasteiger partial charge is 0.423 e. The van der Waals surface area contributed by atoms with Crippen LogP contribution < -0.4 is 4.74 Å². The molecule has 0 aromatic heterocycles. The summed E-state index contributed by atoms with van der Waals surface area (Å²) in [6, 6.07) is 28.3. The highest BCUT2D eigenvalue weighted by atomic mass is 16.5. The Morgan fingerprint density at radius 2 is 1.44 bits per heavy atom. The average molecular weight is 351 g/mol. The van der Waals surface area contributed by atoms with Gasteiger partial charge in [-0.2, -0.15) is 5.26 Å². The first kappa shape index (κ1) is 17.9. The Hall–Kier alpha value is -3.90. The Kier molecular flexibility index (Phi) is 5.96. The van der Waals surface area contributed by atoms with Gasteiger partial charge < -0.3 is 4.74 Å². The summed E-state index contributed by atoms with van der Waals surface area (Å²) in [7, 11) is 0. The second-order valence-electron chi connectivity index (χ2n) is 5.77. The highest BCUT2D eigenvalue weighted by Crippen LogP contribution is 2.19. The molecule has 27 heavy (non-hydrogen) atoms. The lowest BCUT2D eigenvalue weighted by molar-refractivity contribution is -0.128. The van der Waals surface area contributed by atoms with Gasteiger partial charge in [0.15, 0.2) is 0 Å². The lowest BCUT2D eigenvalue weighted by atomic mass is 10.0. The van der Waals surface area contributed by atoms with E-state index in [1.165, 1.54) is 6.08 Å². The summed E-state index contributed by atoms with van der Waals surface area (Å²) in [6.07, 6.45) is 4.90. The minimum absolute atomic E-state index is 0.441. The molecule has 0 atom stereocenters. The lowest BCUT2D eigenvalue weighted by Gasteiger charge is -2.03. The van der Waals surface area contributed by atoms with Gasteiger partial charge in [0.25, 0.3) is 0 Å². The maximum atomic E-state index is 11.9. The molecule has 3 heteroatoms. The fourth-order valence-corrected chi connectivity index (χ4v) is 2.48. The van der Waals surface area contributed by atoms with Crippen LogP contribution in [0.5, 0.6) is 5.75 Å². The van der Waals surface area contributed by atoms with Gasteiger partial charge in [-0.1, -0.05) is 72.8 Å². The lowest BCUT2D eigenvalue weighted by Crippen LogP contribution is -2.03. The zero-order valence-electron chi connectivity index (χ0n) is 14.6. The highest BCUT2D eigenvalue weighted by molar-refractivity contribution is 5.90. The first-order valence-corrected chi connectivity index (χ1v) is 8.47. The minimum atomic E-state index is -0.441. The van der Waals surface area contributed by atoms with Crippen molar-refractivity contribution in [2.75, 3.05) is 0 Å². The molecule has 3 nitrogen and oxygen atoms in total. The van der Waals surface area contributed by atoms with Gasteiger partial charge in [0.1, 0.15) is 5.75 Å². The van der Waals surface area contributed by atoms with Gasteiger partial charge >= 0.3 is 5.97 Å². The second kappa shape index (κ2) is 8.98. The van der Waals surface area contributed by atoms with Crippen molar-refractivity contribution in [1.82, 2.24) is 0 Å². The van der Waals surface area contributed by atoms with Gasteiger partial charge in [-0.3, -0.25) is 0 Å². The van der Waals surface area contributed by atoms with Crippen molar-refractivity contribution in [2.45, 2.75) is 0 Å². The predicted molar refractivity (Wildman–Crippen MR) is 107 cm³/mol. The van der Waals surface area contributed by atoms with Crippen molar-refractivity contribution in [3.05, 3.63) is 108 Å². The van der Waals surface area contributed by atoms with Crippen LogP contribution in [0.3, 0.4) is 0 Å². The molecule has 0 saturated heterocycles. The van der Waals surface area contributed by atoms with Crippen molar-refractivity contribution >= 4 is 23.7 Å². The Morgan fingerprint density at radius 3 is 2.07 bits per heavy atom. The molecule has 3 aromatic rings. The number of ether oxygens (including phenoxy) is 1. The van der Waals surface area contributed by atoms with Crippen LogP contribution in [-0.2, 0) is 4.79 Å². The van der Waals surface area contributed by atoms with E-state index in [1.807, 2.05) is 72.8 Å². The van der Waals surface area contributed by atoms with Crippen LogP contribution in [0, 0.1) is 11.3 Å². The van der Waals surface area contributed by atoms with E-state index in [-0.39, 0.29) is 0 Å². The SMILES string of the molecule is N#C/C(=C\c1ccc(OC(=O)/C=C/c2ccccc2)cc1)c1ccccc1. The summed E-state index contributed by atoms with van der Waals surface area (Å²) in [6.45, 7) is 0. The fraction of sp³-hybridized carbons (Fsp3) is 0.